The second-order valence-corrected chi connectivity index (χ2v) is 10.2. The highest BCUT2D eigenvalue weighted by Crippen LogP contribution is 2.38. The number of carbonyl (C=O) groups is 1. The number of thiazole rings is 1. The van der Waals surface area contributed by atoms with Gasteiger partial charge in [0.25, 0.3) is 0 Å². The molecule has 1 N–H and O–H groups in total. The van der Waals surface area contributed by atoms with Crippen LogP contribution in [0.2, 0.25) is 0 Å². The topological polar surface area (TPSA) is 82.9 Å². The van der Waals surface area contributed by atoms with E-state index >= 15 is 0 Å². The van der Waals surface area contributed by atoms with Gasteiger partial charge in [-0.25, -0.2) is 15.0 Å². The highest BCUT2D eigenvalue weighted by atomic mass is 79.9. The summed E-state index contributed by atoms with van der Waals surface area (Å²) in [4.78, 5) is 34.4. The van der Waals surface area contributed by atoms with Crippen LogP contribution in [0.15, 0.2) is 58.8 Å². The lowest BCUT2D eigenvalue weighted by molar-refractivity contribution is -0.132. The van der Waals surface area contributed by atoms with Crippen molar-refractivity contribution in [2.75, 3.05) is 31.1 Å². The van der Waals surface area contributed by atoms with Crippen LogP contribution in [0.1, 0.15) is 0 Å². The van der Waals surface area contributed by atoms with Crippen molar-refractivity contribution in [3.8, 4) is 11.5 Å². The van der Waals surface area contributed by atoms with Crippen LogP contribution in [-0.4, -0.2) is 61.5 Å². The normalized spacial score (nSPS) is 14.5. The van der Waals surface area contributed by atoms with Crippen molar-refractivity contribution in [2.45, 2.75) is 6.54 Å². The summed E-state index contributed by atoms with van der Waals surface area (Å²) in [5.41, 5.74) is 3.59. The first-order valence-corrected chi connectivity index (χ1v) is 12.3. The van der Waals surface area contributed by atoms with Gasteiger partial charge in [0.1, 0.15) is 22.9 Å². The van der Waals surface area contributed by atoms with Crippen LogP contribution in [0, 0.1) is 0 Å². The minimum Gasteiger partial charge on any atom is -0.358 e. The quantitative estimate of drug-likeness (QED) is 0.384. The molecule has 1 aliphatic rings. The molecule has 10 heteroatoms. The van der Waals surface area contributed by atoms with E-state index in [2.05, 4.69) is 30.8 Å². The van der Waals surface area contributed by atoms with E-state index < -0.39 is 0 Å². The summed E-state index contributed by atoms with van der Waals surface area (Å²) in [5, 5.41) is 2.11. The first kappa shape index (κ1) is 20.4. The highest BCUT2D eigenvalue weighted by Gasteiger charge is 2.26. The zero-order valence-corrected chi connectivity index (χ0v) is 20.0. The summed E-state index contributed by atoms with van der Waals surface area (Å²) in [5.74, 6) is 0.874. The summed E-state index contributed by atoms with van der Waals surface area (Å²) in [6.45, 7) is 3.13. The van der Waals surface area contributed by atoms with Gasteiger partial charge < -0.3 is 19.4 Å². The van der Waals surface area contributed by atoms with Gasteiger partial charge >= 0.3 is 0 Å². The molecule has 1 fully saturated rings. The Balaban J connectivity index is 1.17. The van der Waals surface area contributed by atoms with E-state index in [1.807, 2.05) is 58.1 Å². The lowest BCUT2D eigenvalue weighted by Crippen LogP contribution is -2.49. The van der Waals surface area contributed by atoms with Crippen LogP contribution in [0.5, 0.6) is 0 Å². The van der Waals surface area contributed by atoms with Crippen LogP contribution in [0.4, 0.5) is 5.00 Å². The maximum Gasteiger partial charge on any atom is 0.242 e. The number of halogens is 1. The maximum atomic E-state index is 13.0. The fourth-order valence-corrected chi connectivity index (χ4v) is 5.76. The number of anilines is 1. The first-order valence-electron chi connectivity index (χ1n) is 10.7. The summed E-state index contributed by atoms with van der Waals surface area (Å²) in [6.07, 6.45) is 3.69. The van der Waals surface area contributed by atoms with Crippen LogP contribution in [0.25, 0.3) is 33.6 Å². The number of aromatic nitrogens is 5. The standard InChI is InChI=1S/C23H20BrN7OS/c24-23-28-19(20-26-16-5-1-2-6-17(16)27-20)22(33-23)30-12-10-29(11-13-30)18(32)14-31-9-7-15-4-3-8-25-21(15)31/h1-9H,10-14H2,(H,26,27). The van der Waals surface area contributed by atoms with E-state index in [0.717, 1.165) is 55.6 Å². The second-order valence-electron chi connectivity index (χ2n) is 7.95. The van der Waals surface area contributed by atoms with Crippen molar-refractivity contribution >= 4 is 60.2 Å². The zero-order chi connectivity index (χ0) is 22.4. The Morgan fingerprint density at radius 3 is 2.76 bits per heavy atom. The van der Waals surface area contributed by atoms with Crippen molar-refractivity contribution in [1.29, 1.82) is 0 Å². The van der Waals surface area contributed by atoms with Crippen LogP contribution < -0.4 is 4.90 Å². The van der Waals surface area contributed by atoms with E-state index in [-0.39, 0.29) is 5.91 Å². The molecular formula is C23H20BrN7OS. The Labute approximate surface area is 202 Å². The molecule has 5 aromatic rings. The number of carbonyl (C=O) groups excluding carboxylic acids is 1. The Bertz CT molecular complexity index is 1430. The minimum absolute atomic E-state index is 0.112. The molecule has 5 heterocycles. The summed E-state index contributed by atoms with van der Waals surface area (Å²) in [7, 11) is 0. The molecule has 166 valence electrons. The molecule has 0 radical (unpaired) electrons. The number of nitrogens with one attached hydrogen (secondary N) is 1. The van der Waals surface area contributed by atoms with Crippen LogP contribution in [-0.2, 0) is 11.3 Å². The van der Waals surface area contributed by atoms with Gasteiger partial charge in [0.2, 0.25) is 5.91 Å². The monoisotopic (exact) mass is 521 g/mol. The average Bonchev–Trinajstić information content (AvgIpc) is 3.56. The lowest BCUT2D eigenvalue weighted by atomic mass is 10.3. The highest BCUT2D eigenvalue weighted by molar-refractivity contribution is 9.11. The molecule has 0 saturated carbocycles. The number of benzene rings is 1. The largest absolute Gasteiger partial charge is 0.358 e. The third-order valence-electron chi connectivity index (χ3n) is 5.95. The van der Waals surface area contributed by atoms with Gasteiger partial charge in [0.05, 0.1) is 11.0 Å². The predicted molar refractivity (Wildman–Crippen MR) is 133 cm³/mol. The molecule has 6 rings (SSSR count). The van der Waals surface area contributed by atoms with E-state index in [1.165, 1.54) is 0 Å². The van der Waals surface area contributed by atoms with Crippen molar-refractivity contribution in [3.05, 3.63) is 58.8 Å². The van der Waals surface area contributed by atoms with Gasteiger partial charge in [-0.15, -0.1) is 0 Å². The minimum atomic E-state index is 0.112. The van der Waals surface area contributed by atoms with Gasteiger partial charge in [0.15, 0.2) is 9.74 Å². The third kappa shape index (κ3) is 3.79. The molecule has 4 aromatic heterocycles. The molecule has 33 heavy (non-hydrogen) atoms. The number of fused-ring (bicyclic) bond motifs is 2. The fourth-order valence-electron chi connectivity index (χ4n) is 4.27. The van der Waals surface area contributed by atoms with Crippen molar-refractivity contribution in [3.63, 3.8) is 0 Å². The third-order valence-corrected chi connectivity index (χ3v) is 7.51. The number of para-hydroxylation sites is 2. The molecule has 0 bridgehead atoms. The SMILES string of the molecule is O=C(Cn1ccc2cccnc21)N1CCN(c2sc(Br)nc2-c2nc3ccccc3[nH]2)CC1. The summed E-state index contributed by atoms with van der Waals surface area (Å²) >= 11 is 5.14. The van der Waals surface area contributed by atoms with Crippen molar-refractivity contribution in [1.82, 2.24) is 29.4 Å². The van der Waals surface area contributed by atoms with E-state index in [0.29, 0.717) is 19.6 Å². The van der Waals surface area contributed by atoms with Crippen molar-refractivity contribution in [2.24, 2.45) is 0 Å². The Kier molecular flexibility index (Phi) is 5.11. The summed E-state index contributed by atoms with van der Waals surface area (Å²) < 4.78 is 2.74. The van der Waals surface area contributed by atoms with Gasteiger partial charge in [-0.3, -0.25) is 4.79 Å². The van der Waals surface area contributed by atoms with Gasteiger partial charge in [0, 0.05) is 44.0 Å². The molecule has 8 nitrogen and oxygen atoms in total. The van der Waals surface area contributed by atoms with Crippen molar-refractivity contribution < 1.29 is 4.79 Å². The predicted octanol–water partition coefficient (Wildman–Crippen LogP) is 4.15. The van der Waals surface area contributed by atoms with E-state index in [4.69, 9.17) is 9.97 Å². The Hall–Kier alpha value is -3.24. The number of H-pyrrole nitrogens is 1. The van der Waals surface area contributed by atoms with Gasteiger partial charge in [-0.1, -0.05) is 23.5 Å². The first-order chi connectivity index (χ1) is 16.2. The molecule has 0 aliphatic carbocycles. The molecule has 1 aromatic carbocycles. The number of amides is 1. The number of piperazine rings is 1. The maximum absolute atomic E-state index is 13.0. The Morgan fingerprint density at radius 2 is 1.91 bits per heavy atom. The molecule has 0 atom stereocenters. The van der Waals surface area contributed by atoms with Gasteiger partial charge in [-0.2, -0.15) is 0 Å². The molecular weight excluding hydrogens is 502 g/mol. The molecule has 1 aliphatic heterocycles. The van der Waals surface area contributed by atoms with Crippen LogP contribution >= 0.6 is 27.3 Å². The molecule has 0 unspecified atom stereocenters. The number of hydrogen-bond donors (Lipinski definition) is 1. The number of imidazole rings is 1. The molecule has 0 spiro atoms. The van der Waals surface area contributed by atoms with E-state index in [9.17, 15) is 4.79 Å². The Morgan fingerprint density at radius 1 is 1.06 bits per heavy atom. The number of pyridine rings is 1. The lowest BCUT2D eigenvalue weighted by Gasteiger charge is -2.35. The average molecular weight is 522 g/mol. The second kappa shape index (κ2) is 8.27. The zero-order valence-electron chi connectivity index (χ0n) is 17.6. The molecule has 1 saturated heterocycles. The van der Waals surface area contributed by atoms with Crippen LogP contribution in [0.3, 0.4) is 0 Å². The number of hydrogen-bond acceptors (Lipinski definition) is 6. The number of nitrogens with zero attached hydrogens (tertiary/aromatic N) is 6. The number of aromatic amines is 1. The fraction of sp³-hybridized carbons (Fsp3) is 0.217. The summed E-state index contributed by atoms with van der Waals surface area (Å²) in [6, 6.07) is 13.9. The van der Waals surface area contributed by atoms with Gasteiger partial charge in [-0.05, 0) is 46.3 Å². The smallest absolute Gasteiger partial charge is 0.242 e. The molecule has 1 amide bonds. The number of rotatable bonds is 4. The van der Waals surface area contributed by atoms with E-state index in [1.54, 1.807) is 17.5 Å².